The maximum Gasteiger partial charge on any atom is 0.253 e. The number of aliphatic imine (C=N–C) groups is 1. The van der Waals surface area contributed by atoms with Gasteiger partial charge in [-0.3, -0.25) is 9.79 Å². The molecule has 1 saturated heterocycles. The molecule has 1 aromatic rings. The number of benzene rings is 1. The Morgan fingerprint density at radius 1 is 1.30 bits per heavy atom. The molecular formula is C22H23F2N3O3. The number of hydrogen-bond acceptors (Lipinski definition) is 5. The van der Waals surface area contributed by atoms with Crippen LogP contribution in [-0.4, -0.2) is 48.4 Å². The van der Waals surface area contributed by atoms with E-state index < -0.39 is 17.7 Å². The Bertz CT molecular complexity index is 982. The van der Waals surface area contributed by atoms with E-state index in [9.17, 15) is 13.6 Å². The second-order valence-corrected chi connectivity index (χ2v) is 8.04. The summed E-state index contributed by atoms with van der Waals surface area (Å²) in [6.45, 7) is 3.65. The molecule has 30 heavy (non-hydrogen) atoms. The summed E-state index contributed by atoms with van der Waals surface area (Å²) in [5.41, 5.74) is 0.756. The van der Waals surface area contributed by atoms with E-state index in [1.165, 1.54) is 6.07 Å². The molecule has 158 valence electrons. The van der Waals surface area contributed by atoms with Gasteiger partial charge in [0.2, 0.25) is 0 Å². The highest BCUT2D eigenvalue weighted by Gasteiger charge is 2.38. The standard InChI is InChI=1S/C22H23F2N3O3/c1-12-25-16-8-13(22(28)27-5-2-3-6-27)9-19(21(16)26-12)30-17-4-7-29-18-11-14(23)10-15(24)20(17)18/h8-11,16-17,21H,2-7H2,1H3,(H,25,26). The number of likely N-dealkylation sites (tertiary alicyclic amines) is 1. The summed E-state index contributed by atoms with van der Waals surface area (Å²) in [6.07, 6.45) is 5.41. The highest BCUT2D eigenvalue weighted by molar-refractivity contribution is 5.97. The lowest BCUT2D eigenvalue weighted by molar-refractivity contribution is -0.125. The second kappa shape index (κ2) is 7.41. The number of ether oxygens (including phenoxy) is 2. The van der Waals surface area contributed by atoms with Crippen molar-refractivity contribution in [1.82, 2.24) is 10.2 Å². The van der Waals surface area contributed by atoms with Crippen LogP contribution in [0.15, 0.2) is 40.6 Å². The van der Waals surface area contributed by atoms with Crippen molar-refractivity contribution in [3.05, 3.63) is 52.8 Å². The van der Waals surface area contributed by atoms with Crippen LogP contribution in [0.5, 0.6) is 5.75 Å². The third kappa shape index (κ3) is 3.34. The molecule has 1 fully saturated rings. The van der Waals surface area contributed by atoms with Gasteiger partial charge in [-0.2, -0.15) is 0 Å². The van der Waals surface area contributed by atoms with Crippen molar-refractivity contribution in [3.63, 3.8) is 0 Å². The van der Waals surface area contributed by atoms with Crippen LogP contribution < -0.4 is 10.1 Å². The van der Waals surface area contributed by atoms with Gasteiger partial charge in [-0.1, -0.05) is 0 Å². The molecule has 1 aromatic carbocycles. The average Bonchev–Trinajstić information content (AvgIpc) is 3.36. The summed E-state index contributed by atoms with van der Waals surface area (Å²) in [7, 11) is 0. The van der Waals surface area contributed by atoms with E-state index in [1.54, 1.807) is 6.08 Å². The van der Waals surface area contributed by atoms with Gasteiger partial charge in [0.05, 0.1) is 24.0 Å². The molecule has 1 amide bonds. The summed E-state index contributed by atoms with van der Waals surface area (Å²) in [5, 5.41) is 3.27. The minimum Gasteiger partial charge on any atom is -0.493 e. The van der Waals surface area contributed by atoms with Crippen molar-refractivity contribution in [2.75, 3.05) is 19.7 Å². The van der Waals surface area contributed by atoms with Gasteiger partial charge in [0, 0.05) is 37.2 Å². The minimum absolute atomic E-state index is 0.0287. The smallest absolute Gasteiger partial charge is 0.253 e. The number of amidine groups is 1. The Kier molecular flexibility index (Phi) is 4.72. The fourth-order valence-electron chi connectivity index (χ4n) is 4.53. The van der Waals surface area contributed by atoms with E-state index in [0.717, 1.165) is 37.8 Å². The van der Waals surface area contributed by atoms with Crippen LogP contribution >= 0.6 is 0 Å². The molecule has 3 atom stereocenters. The van der Waals surface area contributed by atoms with Crippen LogP contribution in [0.2, 0.25) is 0 Å². The zero-order valence-electron chi connectivity index (χ0n) is 16.7. The number of carbonyl (C=O) groups is 1. The molecule has 0 radical (unpaired) electrons. The van der Waals surface area contributed by atoms with E-state index in [1.807, 2.05) is 17.9 Å². The Hall–Kier alpha value is -2.90. The Morgan fingerprint density at radius 3 is 2.90 bits per heavy atom. The van der Waals surface area contributed by atoms with Crippen molar-refractivity contribution in [2.24, 2.45) is 4.99 Å². The van der Waals surface area contributed by atoms with Crippen molar-refractivity contribution >= 4 is 11.7 Å². The van der Waals surface area contributed by atoms with Gasteiger partial charge in [-0.05, 0) is 31.9 Å². The van der Waals surface area contributed by atoms with Crippen LogP contribution in [0.1, 0.15) is 37.9 Å². The Labute approximate surface area is 173 Å². The summed E-state index contributed by atoms with van der Waals surface area (Å²) in [4.78, 5) is 19.4. The number of carbonyl (C=O) groups excluding carboxylic acids is 1. The lowest BCUT2D eigenvalue weighted by atomic mass is 9.95. The molecule has 3 unspecified atom stereocenters. The lowest BCUT2D eigenvalue weighted by Crippen LogP contribution is -2.39. The SMILES string of the molecule is CC1=NC2C(OC3CCOc4cc(F)cc(F)c43)=CC(C(=O)N3CCCC3)=CC2N1. The summed E-state index contributed by atoms with van der Waals surface area (Å²) < 4.78 is 39.8. The van der Waals surface area contributed by atoms with Crippen LogP contribution in [0.25, 0.3) is 0 Å². The predicted octanol–water partition coefficient (Wildman–Crippen LogP) is 3.01. The number of fused-ring (bicyclic) bond motifs is 2. The first-order valence-corrected chi connectivity index (χ1v) is 10.3. The molecule has 3 aliphatic heterocycles. The van der Waals surface area contributed by atoms with Gasteiger partial charge in [0.25, 0.3) is 5.91 Å². The number of hydrogen-bond donors (Lipinski definition) is 1. The number of halogens is 2. The van der Waals surface area contributed by atoms with Crippen LogP contribution in [0.4, 0.5) is 8.78 Å². The monoisotopic (exact) mass is 415 g/mol. The number of rotatable bonds is 3. The molecule has 8 heteroatoms. The van der Waals surface area contributed by atoms with Crippen LogP contribution in [0.3, 0.4) is 0 Å². The minimum atomic E-state index is -0.698. The maximum absolute atomic E-state index is 14.5. The van der Waals surface area contributed by atoms with Crippen LogP contribution in [-0.2, 0) is 9.53 Å². The first-order valence-electron chi connectivity index (χ1n) is 10.3. The zero-order valence-corrected chi connectivity index (χ0v) is 16.7. The molecule has 1 N–H and O–H groups in total. The summed E-state index contributed by atoms with van der Waals surface area (Å²) >= 11 is 0. The third-order valence-electron chi connectivity index (χ3n) is 5.93. The molecule has 3 heterocycles. The molecule has 0 spiro atoms. The Balaban J connectivity index is 1.47. The van der Waals surface area contributed by atoms with Crippen molar-refractivity contribution in [2.45, 2.75) is 44.4 Å². The highest BCUT2D eigenvalue weighted by Crippen LogP contribution is 2.40. The zero-order chi connectivity index (χ0) is 20.8. The predicted molar refractivity (Wildman–Crippen MR) is 106 cm³/mol. The molecule has 1 aliphatic carbocycles. The van der Waals surface area contributed by atoms with Gasteiger partial charge in [0.1, 0.15) is 35.3 Å². The fourth-order valence-corrected chi connectivity index (χ4v) is 4.53. The molecule has 0 saturated carbocycles. The van der Waals surface area contributed by atoms with E-state index in [2.05, 4.69) is 10.3 Å². The molecule has 0 aromatic heterocycles. The van der Waals surface area contributed by atoms with E-state index in [0.29, 0.717) is 17.8 Å². The van der Waals surface area contributed by atoms with Gasteiger partial charge in [-0.25, -0.2) is 8.78 Å². The summed E-state index contributed by atoms with van der Waals surface area (Å²) in [6, 6.07) is 1.50. The average molecular weight is 415 g/mol. The van der Waals surface area contributed by atoms with Crippen molar-refractivity contribution in [1.29, 1.82) is 0 Å². The quantitative estimate of drug-likeness (QED) is 0.825. The van der Waals surface area contributed by atoms with Gasteiger partial charge in [0.15, 0.2) is 0 Å². The summed E-state index contributed by atoms with van der Waals surface area (Å²) in [5.74, 6) is 0.00684. The van der Waals surface area contributed by atoms with Gasteiger partial charge >= 0.3 is 0 Å². The fraction of sp³-hybridized carbons (Fsp3) is 0.455. The van der Waals surface area contributed by atoms with Gasteiger partial charge in [-0.15, -0.1) is 0 Å². The van der Waals surface area contributed by atoms with Crippen molar-refractivity contribution < 1.29 is 23.0 Å². The van der Waals surface area contributed by atoms with E-state index in [4.69, 9.17) is 9.47 Å². The first-order chi connectivity index (χ1) is 14.5. The number of nitrogens with one attached hydrogen (secondary N) is 1. The topological polar surface area (TPSA) is 63.2 Å². The molecule has 4 aliphatic rings. The number of amides is 1. The third-order valence-corrected chi connectivity index (χ3v) is 5.93. The second-order valence-electron chi connectivity index (χ2n) is 8.04. The maximum atomic E-state index is 14.5. The largest absolute Gasteiger partial charge is 0.493 e. The Morgan fingerprint density at radius 2 is 2.10 bits per heavy atom. The molecule has 5 rings (SSSR count). The molecule has 0 bridgehead atoms. The first kappa shape index (κ1) is 19.1. The van der Waals surface area contributed by atoms with Gasteiger partial charge < -0.3 is 19.7 Å². The molecular weight excluding hydrogens is 392 g/mol. The normalized spacial score (nSPS) is 27.2. The van der Waals surface area contributed by atoms with E-state index >= 15 is 0 Å². The highest BCUT2D eigenvalue weighted by atomic mass is 19.1. The lowest BCUT2D eigenvalue weighted by Gasteiger charge is -2.31. The van der Waals surface area contributed by atoms with Crippen molar-refractivity contribution in [3.8, 4) is 5.75 Å². The number of nitrogens with zero attached hydrogens (tertiary/aromatic N) is 2. The molecule has 6 nitrogen and oxygen atoms in total. The van der Waals surface area contributed by atoms with Crippen LogP contribution in [0, 0.1) is 11.6 Å². The van der Waals surface area contributed by atoms with E-state index in [-0.39, 0.29) is 35.9 Å².